The van der Waals surface area contributed by atoms with Crippen LogP contribution in [0, 0.1) is 5.82 Å². The Hall–Kier alpha value is -3.33. The van der Waals surface area contributed by atoms with Crippen LogP contribution in [0.4, 0.5) is 4.39 Å². The molecule has 4 rings (SSSR count). The minimum atomic E-state index is -0.460. The van der Waals surface area contributed by atoms with E-state index in [-0.39, 0.29) is 17.6 Å². The number of aromatic nitrogens is 4. The van der Waals surface area contributed by atoms with Crippen molar-refractivity contribution in [3.63, 3.8) is 0 Å². The summed E-state index contributed by atoms with van der Waals surface area (Å²) < 4.78 is 20.9. The van der Waals surface area contributed by atoms with Gasteiger partial charge in [0.1, 0.15) is 0 Å². The van der Waals surface area contributed by atoms with Crippen LogP contribution in [-0.4, -0.2) is 75.8 Å². The fraction of sp³-hybridized carbons (Fsp3) is 0.440. The molecule has 2 aromatic heterocycles. The lowest BCUT2D eigenvalue weighted by atomic mass is 10.1. The first-order chi connectivity index (χ1) is 16.5. The first kappa shape index (κ1) is 23.8. The average Bonchev–Trinajstić information content (AvgIpc) is 3.61. The first-order valence-electron chi connectivity index (χ1n) is 11.7. The Labute approximate surface area is 199 Å². The van der Waals surface area contributed by atoms with Gasteiger partial charge in [-0.3, -0.25) is 4.79 Å². The zero-order valence-corrected chi connectivity index (χ0v) is 20.2. The number of likely N-dealkylation sites (N-methyl/N-ethyl adjacent to an activating group) is 2. The molecule has 0 N–H and O–H groups in total. The smallest absolute Gasteiger partial charge is 0.257 e. The summed E-state index contributed by atoms with van der Waals surface area (Å²) in [6, 6.07) is 6.42. The molecule has 34 heavy (non-hydrogen) atoms. The maximum Gasteiger partial charge on any atom is 0.257 e. The number of rotatable bonds is 10. The van der Waals surface area contributed by atoms with Gasteiger partial charge in [0.25, 0.3) is 11.9 Å². The second-order valence-corrected chi connectivity index (χ2v) is 8.47. The molecule has 1 amide bonds. The molecule has 1 aliphatic carbocycles. The van der Waals surface area contributed by atoms with Crippen LogP contribution >= 0.6 is 0 Å². The number of methoxy groups -OCH3 is 1. The molecule has 8 nitrogen and oxygen atoms in total. The molecule has 0 spiro atoms. The Bertz CT molecular complexity index is 1160. The maximum absolute atomic E-state index is 14.2. The van der Waals surface area contributed by atoms with Gasteiger partial charge in [-0.1, -0.05) is 13.8 Å². The van der Waals surface area contributed by atoms with Gasteiger partial charge < -0.3 is 14.5 Å². The molecule has 1 aliphatic rings. The van der Waals surface area contributed by atoms with Crippen molar-refractivity contribution >= 4 is 5.91 Å². The fourth-order valence-corrected chi connectivity index (χ4v) is 4.01. The summed E-state index contributed by atoms with van der Waals surface area (Å²) in [5.74, 6) is 0.283. The molecule has 0 aliphatic heterocycles. The van der Waals surface area contributed by atoms with E-state index in [2.05, 4.69) is 33.8 Å². The quantitative estimate of drug-likeness (QED) is 0.453. The Morgan fingerprint density at radius 2 is 1.97 bits per heavy atom. The van der Waals surface area contributed by atoms with Crippen LogP contribution in [0.3, 0.4) is 0 Å². The van der Waals surface area contributed by atoms with Gasteiger partial charge in [0.15, 0.2) is 11.6 Å². The second kappa shape index (κ2) is 10.3. The molecule has 3 aromatic rings. The molecule has 1 fully saturated rings. The lowest BCUT2D eigenvalue weighted by molar-refractivity contribution is 0.0778. The van der Waals surface area contributed by atoms with Crippen molar-refractivity contribution in [2.45, 2.75) is 32.6 Å². The third-order valence-corrected chi connectivity index (χ3v) is 6.27. The normalized spacial score (nSPS) is 13.4. The summed E-state index contributed by atoms with van der Waals surface area (Å²) in [4.78, 5) is 26.3. The minimum absolute atomic E-state index is 0.0475. The number of benzene rings is 1. The number of hydrogen-bond donors (Lipinski definition) is 0. The minimum Gasteiger partial charge on any atom is -0.494 e. The van der Waals surface area contributed by atoms with E-state index in [1.165, 1.54) is 13.2 Å². The first-order valence-corrected chi connectivity index (χ1v) is 11.7. The van der Waals surface area contributed by atoms with E-state index in [0.29, 0.717) is 29.3 Å². The van der Waals surface area contributed by atoms with Crippen LogP contribution < -0.4 is 4.74 Å². The van der Waals surface area contributed by atoms with E-state index < -0.39 is 5.82 Å². The largest absolute Gasteiger partial charge is 0.494 e. The predicted octanol–water partition coefficient (Wildman–Crippen LogP) is 3.77. The van der Waals surface area contributed by atoms with E-state index in [1.54, 1.807) is 40.2 Å². The molecule has 0 unspecified atom stereocenters. The van der Waals surface area contributed by atoms with E-state index >= 15 is 0 Å². The molecule has 9 heteroatoms. The van der Waals surface area contributed by atoms with Crippen LogP contribution in [0.5, 0.6) is 5.75 Å². The van der Waals surface area contributed by atoms with Crippen molar-refractivity contribution in [2.75, 3.05) is 40.3 Å². The molecule has 0 bridgehead atoms. The van der Waals surface area contributed by atoms with Crippen LogP contribution in [-0.2, 0) is 0 Å². The molecular formula is C25H31FN6O2. The van der Waals surface area contributed by atoms with Crippen molar-refractivity contribution in [1.29, 1.82) is 0 Å². The molecule has 0 atom stereocenters. The molecule has 0 radical (unpaired) electrons. The van der Waals surface area contributed by atoms with E-state index in [0.717, 1.165) is 38.2 Å². The van der Waals surface area contributed by atoms with Crippen LogP contribution in [0.2, 0.25) is 0 Å². The standard InChI is InChI=1S/C25H31FN6O2/c1-5-31(6-2)14-13-30(3)24(33)19-16-28-32(23(19)17-7-8-17)25-27-12-11-21(29-25)18-9-10-22(34-4)20(26)15-18/h9-12,15-17H,5-8,13-14H2,1-4H3. The Balaban J connectivity index is 1.62. The summed E-state index contributed by atoms with van der Waals surface area (Å²) in [5.41, 5.74) is 2.61. The Kier molecular flexibility index (Phi) is 7.21. The van der Waals surface area contributed by atoms with Gasteiger partial charge in [0, 0.05) is 37.8 Å². The van der Waals surface area contributed by atoms with Crippen LogP contribution in [0.15, 0.2) is 36.7 Å². The van der Waals surface area contributed by atoms with Gasteiger partial charge in [-0.15, -0.1) is 0 Å². The van der Waals surface area contributed by atoms with E-state index in [4.69, 9.17) is 4.74 Å². The number of nitrogens with zero attached hydrogens (tertiary/aromatic N) is 6. The third kappa shape index (κ3) is 4.94. The highest BCUT2D eigenvalue weighted by molar-refractivity contribution is 5.95. The van der Waals surface area contributed by atoms with Gasteiger partial charge in [-0.2, -0.15) is 5.10 Å². The number of amides is 1. The van der Waals surface area contributed by atoms with Crippen LogP contribution in [0.1, 0.15) is 48.7 Å². The van der Waals surface area contributed by atoms with Gasteiger partial charge in [-0.05, 0) is 50.2 Å². The molecule has 1 aromatic carbocycles. The number of hydrogen-bond acceptors (Lipinski definition) is 6. The monoisotopic (exact) mass is 466 g/mol. The van der Waals surface area contributed by atoms with Crippen molar-refractivity contribution < 1.29 is 13.9 Å². The number of carbonyl (C=O) groups is 1. The van der Waals surface area contributed by atoms with Gasteiger partial charge in [0.05, 0.1) is 30.3 Å². The maximum atomic E-state index is 14.2. The van der Waals surface area contributed by atoms with Crippen molar-refractivity contribution in [3.8, 4) is 23.0 Å². The number of ether oxygens (including phenoxy) is 1. The molecular weight excluding hydrogens is 435 g/mol. The third-order valence-electron chi connectivity index (χ3n) is 6.27. The summed E-state index contributed by atoms with van der Waals surface area (Å²) in [7, 11) is 3.26. The van der Waals surface area contributed by atoms with Gasteiger partial charge in [-0.25, -0.2) is 19.0 Å². The zero-order valence-electron chi connectivity index (χ0n) is 20.2. The Morgan fingerprint density at radius 1 is 1.21 bits per heavy atom. The summed E-state index contributed by atoms with van der Waals surface area (Å²) in [6.45, 7) is 7.62. The lowest BCUT2D eigenvalue weighted by Gasteiger charge is -2.23. The number of halogens is 1. The topological polar surface area (TPSA) is 76.4 Å². The molecule has 2 heterocycles. The van der Waals surface area contributed by atoms with Crippen molar-refractivity contribution in [3.05, 3.63) is 53.7 Å². The highest BCUT2D eigenvalue weighted by Gasteiger charge is 2.34. The summed E-state index contributed by atoms with van der Waals surface area (Å²) in [6.07, 6.45) is 5.24. The highest BCUT2D eigenvalue weighted by Crippen LogP contribution is 2.42. The van der Waals surface area contributed by atoms with Crippen molar-refractivity contribution in [2.24, 2.45) is 0 Å². The van der Waals surface area contributed by atoms with Crippen LogP contribution in [0.25, 0.3) is 17.2 Å². The molecule has 0 saturated heterocycles. The number of carbonyl (C=O) groups excluding carboxylic acids is 1. The SMILES string of the molecule is CCN(CC)CCN(C)C(=O)c1cnn(-c2nccc(-c3ccc(OC)c(F)c3)n2)c1C1CC1. The second-order valence-electron chi connectivity index (χ2n) is 8.47. The van der Waals surface area contributed by atoms with Crippen molar-refractivity contribution in [1.82, 2.24) is 29.5 Å². The summed E-state index contributed by atoms with van der Waals surface area (Å²) >= 11 is 0. The highest BCUT2D eigenvalue weighted by atomic mass is 19.1. The van der Waals surface area contributed by atoms with E-state index in [1.807, 2.05) is 7.05 Å². The Morgan fingerprint density at radius 3 is 2.62 bits per heavy atom. The zero-order chi connectivity index (χ0) is 24.2. The average molecular weight is 467 g/mol. The van der Waals surface area contributed by atoms with Gasteiger partial charge in [0.2, 0.25) is 0 Å². The molecule has 1 saturated carbocycles. The molecule has 180 valence electrons. The predicted molar refractivity (Wildman–Crippen MR) is 128 cm³/mol. The van der Waals surface area contributed by atoms with Gasteiger partial charge >= 0.3 is 0 Å². The lowest BCUT2D eigenvalue weighted by Crippen LogP contribution is -2.36. The van der Waals surface area contributed by atoms with E-state index in [9.17, 15) is 9.18 Å². The fourth-order valence-electron chi connectivity index (χ4n) is 4.01. The summed E-state index contributed by atoms with van der Waals surface area (Å²) in [5, 5.41) is 4.50.